The van der Waals surface area contributed by atoms with Gasteiger partial charge >= 0.3 is 5.97 Å². The summed E-state index contributed by atoms with van der Waals surface area (Å²) in [4.78, 5) is 23.7. The van der Waals surface area contributed by atoms with E-state index in [1.54, 1.807) is 26.0 Å². The first-order chi connectivity index (χ1) is 14.4. The van der Waals surface area contributed by atoms with E-state index in [9.17, 15) is 14.7 Å². The number of carboxylic acid groups (broad SMARTS) is 1. The van der Waals surface area contributed by atoms with Gasteiger partial charge < -0.3 is 24.4 Å². The molecule has 0 saturated carbocycles. The second kappa shape index (κ2) is 9.73. The third kappa shape index (κ3) is 6.38. The van der Waals surface area contributed by atoms with Crippen molar-refractivity contribution in [3.05, 3.63) is 47.0 Å². The van der Waals surface area contributed by atoms with Gasteiger partial charge in [-0.15, -0.1) is 0 Å². The number of methoxy groups -OCH3 is 1. The van der Waals surface area contributed by atoms with Crippen molar-refractivity contribution in [1.82, 2.24) is 0 Å². The maximum absolute atomic E-state index is 12.5. The fourth-order valence-electron chi connectivity index (χ4n) is 2.99. The number of phenols is 1. The molecule has 2 aromatic rings. The number of Topliss-reactive ketones (excluding diaryl/α,β-unsaturated/α-hetero) is 1. The summed E-state index contributed by atoms with van der Waals surface area (Å²) in [7, 11) is 1.47. The minimum atomic E-state index is -1.07. The zero-order valence-corrected chi connectivity index (χ0v) is 18.8. The van der Waals surface area contributed by atoms with Crippen molar-refractivity contribution in [3.63, 3.8) is 0 Å². The Balaban J connectivity index is 2.10. The predicted octanol–water partition coefficient (Wildman–Crippen LogP) is 4.87. The molecule has 0 amide bonds. The molecule has 168 valence electrons. The molecule has 0 heterocycles. The number of phenolic OH excluding ortho intramolecular Hbond substituents is 1. The van der Waals surface area contributed by atoms with Crippen LogP contribution in [0.2, 0.25) is 0 Å². The van der Waals surface area contributed by atoms with Gasteiger partial charge in [-0.25, -0.2) is 4.79 Å². The average molecular weight is 430 g/mol. The molecule has 0 spiro atoms. The van der Waals surface area contributed by atoms with Gasteiger partial charge in [0, 0.05) is 12.0 Å². The third-order valence-corrected chi connectivity index (χ3v) is 4.58. The van der Waals surface area contributed by atoms with Crippen LogP contribution in [0, 0.1) is 12.3 Å². The quantitative estimate of drug-likeness (QED) is 0.547. The summed E-state index contributed by atoms with van der Waals surface area (Å²) in [5.74, 6) is -0.137. The molecule has 0 aromatic heterocycles. The zero-order chi connectivity index (χ0) is 23.3. The van der Waals surface area contributed by atoms with Crippen LogP contribution in [0.5, 0.6) is 23.0 Å². The van der Waals surface area contributed by atoms with Crippen LogP contribution >= 0.6 is 0 Å². The van der Waals surface area contributed by atoms with Crippen molar-refractivity contribution in [2.24, 2.45) is 5.41 Å². The molecule has 2 rings (SSSR count). The van der Waals surface area contributed by atoms with Gasteiger partial charge in [0.15, 0.2) is 17.3 Å². The fourth-order valence-corrected chi connectivity index (χ4v) is 2.99. The topological polar surface area (TPSA) is 102 Å². The van der Waals surface area contributed by atoms with Crippen molar-refractivity contribution in [3.8, 4) is 23.0 Å². The summed E-state index contributed by atoms with van der Waals surface area (Å²) in [6, 6.07) is 7.58. The SMILES string of the molecule is COc1ccc(C(=O)O)cc1OC[C@H](C)Oc1ccc(C(=O)CC(C)(C)C)c(O)c1C. The number of carboxylic acids is 1. The maximum atomic E-state index is 12.5. The smallest absolute Gasteiger partial charge is 0.335 e. The Bertz CT molecular complexity index is 957. The molecule has 0 aliphatic carbocycles. The first-order valence-corrected chi connectivity index (χ1v) is 9.99. The molecule has 7 nitrogen and oxygen atoms in total. The molecule has 0 aliphatic heterocycles. The van der Waals surface area contributed by atoms with E-state index in [1.165, 1.54) is 25.3 Å². The van der Waals surface area contributed by atoms with E-state index in [0.29, 0.717) is 29.2 Å². The van der Waals surface area contributed by atoms with Crippen LogP contribution in [0.1, 0.15) is 60.4 Å². The highest BCUT2D eigenvalue weighted by atomic mass is 16.5. The minimum Gasteiger partial charge on any atom is -0.507 e. The summed E-state index contributed by atoms with van der Waals surface area (Å²) in [5, 5.41) is 19.7. The van der Waals surface area contributed by atoms with Crippen molar-refractivity contribution in [2.45, 2.75) is 47.1 Å². The van der Waals surface area contributed by atoms with E-state index in [2.05, 4.69) is 0 Å². The minimum absolute atomic E-state index is 0.0839. The number of carbonyl (C=O) groups is 2. The molecule has 0 unspecified atom stereocenters. The molecule has 0 fully saturated rings. The highest BCUT2D eigenvalue weighted by molar-refractivity contribution is 5.99. The number of ketones is 1. The first kappa shape index (κ1) is 24.1. The van der Waals surface area contributed by atoms with Gasteiger partial charge in [-0.05, 0) is 49.6 Å². The lowest BCUT2D eigenvalue weighted by atomic mass is 9.87. The van der Waals surface area contributed by atoms with Crippen LogP contribution in [0.4, 0.5) is 0 Å². The second-order valence-electron chi connectivity index (χ2n) is 8.66. The van der Waals surface area contributed by atoms with Gasteiger partial charge in [0.1, 0.15) is 24.2 Å². The van der Waals surface area contributed by atoms with Gasteiger partial charge in [0.25, 0.3) is 0 Å². The Morgan fingerprint density at radius 1 is 1.06 bits per heavy atom. The molecule has 7 heteroatoms. The highest BCUT2D eigenvalue weighted by Crippen LogP contribution is 2.34. The van der Waals surface area contributed by atoms with Crippen LogP contribution in [0.25, 0.3) is 0 Å². The van der Waals surface area contributed by atoms with Crippen LogP contribution in [-0.2, 0) is 0 Å². The Labute approximate surface area is 182 Å². The summed E-state index contributed by atoms with van der Waals surface area (Å²) < 4.78 is 16.8. The highest BCUT2D eigenvalue weighted by Gasteiger charge is 2.22. The van der Waals surface area contributed by atoms with Crippen LogP contribution < -0.4 is 14.2 Å². The molecule has 0 radical (unpaired) electrons. The molecule has 1 atom stereocenters. The van der Waals surface area contributed by atoms with E-state index in [4.69, 9.17) is 19.3 Å². The normalized spacial score (nSPS) is 12.2. The molecule has 31 heavy (non-hydrogen) atoms. The maximum Gasteiger partial charge on any atom is 0.335 e. The Morgan fingerprint density at radius 2 is 1.71 bits per heavy atom. The second-order valence-corrected chi connectivity index (χ2v) is 8.66. The summed E-state index contributed by atoms with van der Waals surface area (Å²) in [5.41, 5.74) is 0.647. The summed E-state index contributed by atoms with van der Waals surface area (Å²) in [6.45, 7) is 9.48. The number of benzene rings is 2. The van der Waals surface area contributed by atoms with Gasteiger partial charge in [0.05, 0.1) is 18.2 Å². The number of aromatic carboxylic acids is 1. The average Bonchev–Trinajstić information content (AvgIpc) is 2.68. The lowest BCUT2D eigenvalue weighted by Crippen LogP contribution is -2.22. The molecular weight excluding hydrogens is 400 g/mol. The van der Waals surface area contributed by atoms with Gasteiger partial charge in [-0.2, -0.15) is 0 Å². The lowest BCUT2D eigenvalue weighted by molar-refractivity contribution is 0.0695. The molecule has 0 aliphatic rings. The molecule has 0 saturated heterocycles. The Kier molecular flexibility index (Phi) is 7.55. The summed E-state index contributed by atoms with van der Waals surface area (Å²) in [6.07, 6.45) is -0.103. The molecular formula is C24H30O7. The van der Waals surface area contributed by atoms with E-state index in [0.717, 1.165) is 0 Å². The van der Waals surface area contributed by atoms with E-state index in [1.807, 2.05) is 20.8 Å². The van der Waals surface area contributed by atoms with Crippen molar-refractivity contribution in [1.29, 1.82) is 0 Å². The fraction of sp³-hybridized carbons (Fsp3) is 0.417. The zero-order valence-electron chi connectivity index (χ0n) is 18.8. The van der Waals surface area contributed by atoms with Crippen LogP contribution in [0.3, 0.4) is 0 Å². The van der Waals surface area contributed by atoms with Crippen LogP contribution in [0.15, 0.2) is 30.3 Å². The molecule has 0 bridgehead atoms. The van der Waals surface area contributed by atoms with Gasteiger partial charge in [-0.1, -0.05) is 20.8 Å². The standard InChI is InChI=1S/C24H30O7/c1-14(13-30-21-11-16(23(27)28)7-9-20(21)29-6)31-19-10-8-17(22(26)15(19)2)18(25)12-24(3,4)5/h7-11,14,26H,12-13H2,1-6H3,(H,27,28)/t14-/m0/s1. The largest absolute Gasteiger partial charge is 0.507 e. The van der Waals surface area contributed by atoms with Gasteiger partial charge in [-0.3, -0.25) is 4.79 Å². The molecule has 2 N–H and O–H groups in total. The van der Waals surface area contributed by atoms with Crippen molar-refractivity contribution < 1.29 is 34.0 Å². The Morgan fingerprint density at radius 3 is 2.29 bits per heavy atom. The monoisotopic (exact) mass is 430 g/mol. The van der Waals surface area contributed by atoms with Crippen LogP contribution in [-0.4, -0.2) is 41.8 Å². The van der Waals surface area contributed by atoms with Crippen molar-refractivity contribution in [2.75, 3.05) is 13.7 Å². The van der Waals surface area contributed by atoms with E-state index >= 15 is 0 Å². The van der Waals surface area contributed by atoms with E-state index < -0.39 is 12.1 Å². The molecule has 2 aromatic carbocycles. The van der Waals surface area contributed by atoms with Crippen molar-refractivity contribution >= 4 is 11.8 Å². The number of ether oxygens (including phenoxy) is 3. The number of hydrogen-bond donors (Lipinski definition) is 2. The Hall–Kier alpha value is -3.22. The predicted molar refractivity (Wildman–Crippen MR) is 117 cm³/mol. The van der Waals surface area contributed by atoms with Gasteiger partial charge in [0.2, 0.25) is 0 Å². The number of carbonyl (C=O) groups excluding carboxylic acids is 1. The lowest BCUT2D eigenvalue weighted by Gasteiger charge is -2.20. The summed E-state index contributed by atoms with van der Waals surface area (Å²) >= 11 is 0. The number of hydrogen-bond acceptors (Lipinski definition) is 6. The van der Waals surface area contributed by atoms with E-state index in [-0.39, 0.29) is 34.7 Å². The third-order valence-electron chi connectivity index (χ3n) is 4.58. The number of rotatable bonds is 9. The number of aromatic hydroxyl groups is 1. The first-order valence-electron chi connectivity index (χ1n) is 9.99.